The molecule has 1 atom stereocenters. The standard InChI is InChI=1S/C14H16FNO4S/c15-13-9-11(3-1-7-17)5-6-14(13)16-21(18,19)10-12-4-2-8-20-12/h5-6,9,12,16-17H,2,4,7-8,10H2. The van der Waals surface area contributed by atoms with E-state index in [-0.39, 0.29) is 24.2 Å². The first-order valence-corrected chi connectivity index (χ1v) is 8.17. The molecule has 2 rings (SSSR count). The van der Waals surface area contributed by atoms with E-state index in [1.165, 1.54) is 12.1 Å². The number of hydrogen-bond donors (Lipinski definition) is 2. The van der Waals surface area contributed by atoms with Crippen LogP contribution in [0.25, 0.3) is 0 Å². The quantitative estimate of drug-likeness (QED) is 0.816. The molecule has 1 unspecified atom stereocenters. The second-order valence-electron chi connectivity index (χ2n) is 4.67. The van der Waals surface area contributed by atoms with Gasteiger partial charge in [-0.15, -0.1) is 0 Å². The summed E-state index contributed by atoms with van der Waals surface area (Å²) in [6.45, 7) is 0.240. The van der Waals surface area contributed by atoms with E-state index in [1.54, 1.807) is 0 Å². The predicted molar refractivity (Wildman–Crippen MR) is 76.7 cm³/mol. The fourth-order valence-electron chi connectivity index (χ4n) is 2.05. The number of anilines is 1. The van der Waals surface area contributed by atoms with Gasteiger partial charge in [-0.05, 0) is 31.0 Å². The molecule has 21 heavy (non-hydrogen) atoms. The van der Waals surface area contributed by atoms with Crippen molar-refractivity contribution in [3.8, 4) is 11.8 Å². The molecule has 0 saturated carbocycles. The maximum absolute atomic E-state index is 13.8. The normalized spacial score (nSPS) is 18.1. The van der Waals surface area contributed by atoms with Gasteiger partial charge in [-0.25, -0.2) is 12.8 Å². The molecule has 1 aliphatic heterocycles. The molecule has 0 aliphatic carbocycles. The Morgan fingerprint density at radius 2 is 2.29 bits per heavy atom. The summed E-state index contributed by atoms with van der Waals surface area (Å²) in [5.41, 5.74) is 0.242. The summed E-state index contributed by atoms with van der Waals surface area (Å²) >= 11 is 0. The molecule has 1 fully saturated rings. The Hall–Kier alpha value is -1.62. The Bertz CT molecular complexity index is 657. The number of halogens is 1. The summed E-state index contributed by atoms with van der Waals surface area (Å²) in [6.07, 6.45) is 1.20. The third kappa shape index (κ3) is 4.70. The smallest absolute Gasteiger partial charge is 0.235 e. The van der Waals surface area contributed by atoms with Crippen molar-refractivity contribution in [3.63, 3.8) is 0 Å². The summed E-state index contributed by atoms with van der Waals surface area (Å²) in [4.78, 5) is 0. The second kappa shape index (κ2) is 6.89. The maximum Gasteiger partial charge on any atom is 0.235 e. The topological polar surface area (TPSA) is 75.6 Å². The van der Waals surface area contributed by atoms with Crippen molar-refractivity contribution >= 4 is 15.7 Å². The SMILES string of the molecule is O=S(=O)(CC1CCCO1)Nc1ccc(C#CCO)cc1F. The Labute approximate surface area is 123 Å². The lowest BCUT2D eigenvalue weighted by molar-refractivity contribution is 0.127. The fraction of sp³-hybridized carbons (Fsp3) is 0.429. The monoisotopic (exact) mass is 313 g/mol. The fourth-order valence-corrected chi connectivity index (χ4v) is 3.38. The zero-order valence-electron chi connectivity index (χ0n) is 11.3. The van der Waals surface area contributed by atoms with Crippen molar-refractivity contribution in [1.82, 2.24) is 0 Å². The molecular weight excluding hydrogens is 297 g/mol. The van der Waals surface area contributed by atoms with Crippen LogP contribution in [-0.2, 0) is 14.8 Å². The number of benzene rings is 1. The summed E-state index contributed by atoms with van der Waals surface area (Å²) in [7, 11) is -3.66. The van der Waals surface area contributed by atoms with Crippen LogP contribution in [0, 0.1) is 17.7 Å². The van der Waals surface area contributed by atoms with Crippen LogP contribution in [-0.4, -0.2) is 38.6 Å². The molecule has 1 saturated heterocycles. The van der Waals surface area contributed by atoms with Gasteiger partial charge in [0.15, 0.2) is 0 Å². The molecule has 0 bridgehead atoms. The zero-order chi connectivity index (χ0) is 15.3. The van der Waals surface area contributed by atoms with Crippen LogP contribution in [0.3, 0.4) is 0 Å². The highest BCUT2D eigenvalue weighted by Crippen LogP contribution is 2.19. The molecule has 2 N–H and O–H groups in total. The minimum atomic E-state index is -3.66. The first-order valence-electron chi connectivity index (χ1n) is 6.51. The lowest BCUT2D eigenvalue weighted by Crippen LogP contribution is -2.26. The minimum absolute atomic E-state index is 0.123. The molecule has 0 spiro atoms. The number of hydrogen-bond acceptors (Lipinski definition) is 4. The second-order valence-corrected chi connectivity index (χ2v) is 6.44. The van der Waals surface area contributed by atoms with E-state index >= 15 is 0 Å². The van der Waals surface area contributed by atoms with E-state index in [2.05, 4.69) is 16.6 Å². The van der Waals surface area contributed by atoms with Crippen LogP contribution in [0.1, 0.15) is 18.4 Å². The first kappa shape index (κ1) is 15.8. The van der Waals surface area contributed by atoms with Crippen molar-refractivity contribution in [3.05, 3.63) is 29.6 Å². The summed E-state index contributed by atoms with van der Waals surface area (Å²) in [5, 5.41) is 8.57. The summed E-state index contributed by atoms with van der Waals surface area (Å²) < 4.78 is 45.2. The Morgan fingerprint density at radius 1 is 1.48 bits per heavy atom. The van der Waals surface area contributed by atoms with Gasteiger partial charge in [-0.3, -0.25) is 4.72 Å². The maximum atomic E-state index is 13.8. The van der Waals surface area contributed by atoms with Gasteiger partial charge in [0.25, 0.3) is 0 Å². The highest BCUT2D eigenvalue weighted by atomic mass is 32.2. The average molecular weight is 313 g/mol. The van der Waals surface area contributed by atoms with Gasteiger partial charge in [-0.1, -0.05) is 11.8 Å². The van der Waals surface area contributed by atoms with Crippen LogP contribution in [0.4, 0.5) is 10.1 Å². The van der Waals surface area contributed by atoms with Gasteiger partial charge in [0.2, 0.25) is 10.0 Å². The molecule has 5 nitrogen and oxygen atoms in total. The van der Waals surface area contributed by atoms with Crippen molar-refractivity contribution in [1.29, 1.82) is 0 Å². The van der Waals surface area contributed by atoms with Crippen molar-refractivity contribution in [2.45, 2.75) is 18.9 Å². The van der Waals surface area contributed by atoms with Gasteiger partial charge in [0.05, 0.1) is 17.5 Å². The van der Waals surface area contributed by atoms with Gasteiger partial charge in [-0.2, -0.15) is 0 Å². The first-order chi connectivity index (χ1) is 10.00. The van der Waals surface area contributed by atoms with Crippen molar-refractivity contribution in [2.75, 3.05) is 23.7 Å². The van der Waals surface area contributed by atoms with Crippen LogP contribution in [0.2, 0.25) is 0 Å². The largest absolute Gasteiger partial charge is 0.384 e. The third-order valence-electron chi connectivity index (χ3n) is 2.98. The molecule has 1 aliphatic rings. The summed E-state index contributed by atoms with van der Waals surface area (Å²) in [6, 6.07) is 3.91. The number of nitrogens with one attached hydrogen (secondary N) is 1. The molecule has 1 aromatic carbocycles. The number of rotatable bonds is 4. The van der Waals surface area contributed by atoms with E-state index in [9.17, 15) is 12.8 Å². The van der Waals surface area contributed by atoms with Crippen LogP contribution in [0.15, 0.2) is 18.2 Å². The number of sulfonamides is 1. The minimum Gasteiger partial charge on any atom is -0.384 e. The number of aliphatic hydroxyl groups excluding tert-OH is 1. The summed E-state index contributed by atoms with van der Waals surface area (Å²) in [5.74, 6) is 4.04. The zero-order valence-corrected chi connectivity index (χ0v) is 12.1. The van der Waals surface area contributed by atoms with Crippen molar-refractivity contribution < 1.29 is 22.7 Å². The van der Waals surface area contributed by atoms with Gasteiger partial charge < -0.3 is 9.84 Å². The number of aliphatic hydroxyl groups is 1. The van der Waals surface area contributed by atoms with Gasteiger partial charge >= 0.3 is 0 Å². The van der Waals surface area contributed by atoms with E-state index in [0.717, 1.165) is 12.5 Å². The van der Waals surface area contributed by atoms with Crippen LogP contribution >= 0.6 is 0 Å². The lowest BCUT2D eigenvalue weighted by atomic mass is 10.2. The van der Waals surface area contributed by atoms with Crippen LogP contribution < -0.4 is 4.72 Å². The highest BCUT2D eigenvalue weighted by molar-refractivity contribution is 7.92. The molecule has 1 heterocycles. The van der Waals surface area contributed by atoms with Crippen molar-refractivity contribution in [2.24, 2.45) is 0 Å². The Balaban J connectivity index is 2.07. The molecule has 114 valence electrons. The molecule has 7 heteroatoms. The lowest BCUT2D eigenvalue weighted by Gasteiger charge is -2.12. The molecule has 0 amide bonds. The van der Waals surface area contributed by atoms with Crippen LogP contribution in [0.5, 0.6) is 0 Å². The molecular formula is C14H16FNO4S. The molecule has 0 radical (unpaired) electrons. The third-order valence-corrected chi connectivity index (χ3v) is 4.32. The van der Waals surface area contributed by atoms with Gasteiger partial charge in [0.1, 0.15) is 12.4 Å². The van der Waals surface area contributed by atoms with E-state index in [4.69, 9.17) is 9.84 Å². The molecule has 1 aromatic rings. The number of ether oxygens (including phenoxy) is 1. The predicted octanol–water partition coefficient (Wildman–Crippen LogP) is 1.09. The highest BCUT2D eigenvalue weighted by Gasteiger charge is 2.24. The Morgan fingerprint density at radius 3 is 2.90 bits per heavy atom. The van der Waals surface area contributed by atoms with E-state index in [1.807, 2.05) is 0 Å². The van der Waals surface area contributed by atoms with E-state index in [0.29, 0.717) is 18.6 Å². The molecule has 0 aromatic heterocycles. The van der Waals surface area contributed by atoms with E-state index < -0.39 is 15.8 Å². The Kier molecular flexibility index (Phi) is 5.17. The average Bonchev–Trinajstić information content (AvgIpc) is 2.91. The van der Waals surface area contributed by atoms with Gasteiger partial charge in [0, 0.05) is 12.2 Å².